The number of fused-ring (bicyclic) bond motifs is 1. The summed E-state index contributed by atoms with van der Waals surface area (Å²) in [4.78, 5) is 12.3. The van der Waals surface area contributed by atoms with E-state index < -0.39 is 0 Å². The van der Waals surface area contributed by atoms with Crippen molar-refractivity contribution in [1.29, 1.82) is 0 Å². The highest BCUT2D eigenvalue weighted by Gasteiger charge is 2.26. The zero-order chi connectivity index (χ0) is 13.3. The zero-order valence-electron chi connectivity index (χ0n) is 11.3. The van der Waals surface area contributed by atoms with E-state index in [0.29, 0.717) is 11.5 Å². The number of hydrogen-bond donors (Lipinski definition) is 2. The van der Waals surface area contributed by atoms with Crippen molar-refractivity contribution in [2.75, 3.05) is 19.0 Å². The molecule has 1 amide bonds. The highest BCUT2D eigenvalue weighted by atomic mass is 16.5. The molecule has 1 aromatic rings. The summed E-state index contributed by atoms with van der Waals surface area (Å²) in [6.45, 7) is 6.87. The van der Waals surface area contributed by atoms with E-state index in [0.717, 1.165) is 23.5 Å². The van der Waals surface area contributed by atoms with Crippen molar-refractivity contribution in [2.45, 2.75) is 26.8 Å². The summed E-state index contributed by atoms with van der Waals surface area (Å²) in [6, 6.07) is 3.94. The molecule has 0 radical (unpaired) electrons. The SMILES string of the molecule is COc1ccc(C)c2c1NCC(C(C)C)NC2=O. The lowest BCUT2D eigenvalue weighted by Gasteiger charge is -2.19. The van der Waals surface area contributed by atoms with Crippen molar-refractivity contribution in [3.05, 3.63) is 23.3 Å². The van der Waals surface area contributed by atoms with Crippen LogP contribution < -0.4 is 15.4 Å². The molecule has 98 valence electrons. The van der Waals surface area contributed by atoms with Crippen LogP contribution >= 0.6 is 0 Å². The number of amides is 1. The summed E-state index contributed by atoms with van der Waals surface area (Å²) in [5, 5.41) is 6.41. The highest BCUT2D eigenvalue weighted by molar-refractivity contribution is 6.03. The Morgan fingerprint density at radius 1 is 1.39 bits per heavy atom. The number of benzene rings is 1. The zero-order valence-corrected chi connectivity index (χ0v) is 11.3. The standard InChI is InChI=1S/C14H20N2O2/c1-8(2)10-7-15-13-11(18-4)6-5-9(3)12(13)14(17)16-10/h5-6,8,10,15H,7H2,1-4H3,(H,16,17). The fraction of sp³-hybridized carbons (Fsp3) is 0.500. The average molecular weight is 248 g/mol. The second kappa shape index (κ2) is 4.88. The Balaban J connectivity index is 2.46. The van der Waals surface area contributed by atoms with Gasteiger partial charge in [-0.2, -0.15) is 0 Å². The number of nitrogens with one attached hydrogen (secondary N) is 2. The molecule has 0 saturated carbocycles. The first-order chi connectivity index (χ1) is 8.54. The first-order valence-electron chi connectivity index (χ1n) is 6.27. The summed E-state index contributed by atoms with van der Waals surface area (Å²) < 4.78 is 5.32. The summed E-state index contributed by atoms with van der Waals surface area (Å²) in [7, 11) is 1.62. The van der Waals surface area contributed by atoms with E-state index in [2.05, 4.69) is 24.5 Å². The van der Waals surface area contributed by atoms with Gasteiger partial charge < -0.3 is 15.4 Å². The Morgan fingerprint density at radius 2 is 2.11 bits per heavy atom. The largest absolute Gasteiger partial charge is 0.495 e. The molecule has 1 aliphatic heterocycles. The van der Waals surface area contributed by atoms with Crippen LogP contribution in [0.1, 0.15) is 29.8 Å². The van der Waals surface area contributed by atoms with E-state index >= 15 is 0 Å². The topological polar surface area (TPSA) is 50.4 Å². The van der Waals surface area contributed by atoms with Crippen LogP contribution in [0.15, 0.2) is 12.1 Å². The van der Waals surface area contributed by atoms with Gasteiger partial charge in [0.2, 0.25) is 0 Å². The normalized spacial score (nSPS) is 18.7. The van der Waals surface area contributed by atoms with Crippen molar-refractivity contribution in [3.63, 3.8) is 0 Å². The molecule has 1 aromatic carbocycles. The van der Waals surface area contributed by atoms with Crippen LogP contribution in [-0.2, 0) is 0 Å². The highest BCUT2D eigenvalue weighted by Crippen LogP contribution is 2.32. The van der Waals surface area contributed by atoms with Crippen LogP contribution in [0.3, 0.4) is 0 Å². The summed E-state index contributed by atoms with van der Waals surface area (Å²) >= 11 is 0. The molecule has 0 aromatic heterocycles. The van der Waals surface area contributed by atoms with Crippen LogP contribution in [0.2, 0.25) is 0 Å². The third kappa shape index (κ3) is 2.15. The summed E-state index contributed by atoms with van der Waals surface area (Å²) in [5.74, 6) is 1.09. The molecule has 0 aliphatic carbocycles. The third-order valence-electron chi connectivity index (χ3n) is 3.44. The lowest BCUT2D eigenvalue weighted by atomic mass is 10.0. The molecule has 1 aliphatic rings. The van der Waals surface area contributed by atoms with Crippen LogP contribution in [0, 0.1) is 12.8 Å². The van der Waals surface area contributed by atoms with Crippen molar-refractivity contribution < 1.29 is 9.53 Å². The van der Waals surface area contributed by atoms with Crippen molar-refractivity contribution in [1.82, 2.24) is 5.32 Å². The molecule has 0 fully saturated rings. The van der Waals surface area contributed by atoms with Crippen LogP contribution in [0.5, 0.6) is 5.75 Å². The van der Waals surface area contributed by atoms with Gasteiger partial charge in [-0.25, -0.2) is 0 Å². The number of carbonyl (C=O) groups is 1. The number of carbonyl (C=O) groups excluding carboxylic acids is 1. The van der Waals surface area contributed by atoms with E-state index in [9.17, 15) is 4.79 Å². The first-order valence-corrected chi connectivity index (χ1v) is 6.27. The smallest absolute Gasteiger partial charge is 0.254 e. The number of methoxy groups -OCH3 is 1. The third-order valence-corrected chi connectivity index (χ3v) is 3.44. The number of ether oxygens (including phenoxy) is 1. The molecule has 1 atom stereocenters. The van der Waals surface area contributed by atoms with Gasteiger partial charge in [0.15, 0.2) is 0 Å². The molecule has 1 heterocycles. The lowest BCUT2D eigenvalue weighted by molar-refractivity contribution is 0.0932. The minimum atomic E-state index is -0.0231. The minimum Gasteiger partial charge on any atom is -0.495 e. The fourth-order valence-electron chi connectivity index (χ4n) is 2.23. The van der Waals surface area contributed by atoms with E-state index in [4.69, 9.17) is 4.74 Å². The maximum Gasteiger partial charge on any atom is 0.254 e. The van der Waals surface area contributed by atoms with Gasteiger partial charge in [-0.05, 0) is 24.5 Å². The Labute approximate surface area is 108 Å². The molecular weight excluding hydrogens is 228 g/mol. The molecule has 4 heteroatoms. The summed E-state index contributed by atoms with van der Waals surface area (Å²) in [6.07, 6.45) is 0. The van der Waals surface area contributed by atoms with E-state index in [1.54, 1.807) is 7.11 Å². The van der Waals surface area contributed by atoms with Gasteiger partial charge in [0, 0.05) is 12.6 Å². The predicted molar refractivity (Wildman–Crippen MR) is 72.3 cm³/mol. The van der Waals surface area contributed by atoms with Crippen molar-refractivity contribution in [2.24, 2.45) is 5.92 Å². The predicted octanol–water partition coefficient (Wildman–Crippen LogP) is 2.18. The molecule has 0 spiro atoms. The van der Waals surface area contributed by atoms with Gasteiger partial charge in [0.25, 0.3) is 5.91 Å². The van der Waals surface area contributed by atoms with Crippen LogP contribution in [0.25, 0.3) is 0 Å². The Bertz CT molecular complexity index is 469. The second-order valence-corrected chi connectivity index (χ2v) is 5.04. The molecule has 2 N–H and O–H groups in total. The van der Waals surface area contributed by atoms with Crippen LogP contribution in [-0.4, -0.2) is 25.6 Å². The van der Waals surface area contributed by atoms with E-state index in [-0.39, 0.29) is 11.9 Å². The number of anilines is 1. The van der Waals surface area contributed by atoms with E-state index in [1.807, 2.05) is 19.1 Å². The molecule has 2 rings (SSSR count). The lowest BCUT2D eigenvalue weighted by Crippen LogP contribution is -2.40. The van der Waals surface area contributed by atoms with Gasteiger partial charge in [0.1, 0.15) is 5.75 Å². The Kier molecular flexibility index (Phi) is 3.45. The number of hydrogen-bond acceptors (Lipinski definition) is 3. The van der Waals surface area contributed by atoms with Gasteiger partial charge in [0.05, 0.1) is 18.4 Å². The van der Waals surface area contributed by atoms with Gasteiger partial charge in [-0.1, -0.05) is 19.9 Å². The summed E-state index contributed by atoms with van der Waals surface area (Å²) in [5.41, 5.74) is 2.45. The quantitative estimate of drug-likeness (QED) is 0.843. The van der Waals surface area contributed by atoms with Crippen LogP contribution in [0.4, 0.5) is 5.69 Å². The van der Waals surface area contributed by atoms with Crippen molar-refractivity contribution >= 4 is 11.6 Å². The van der Waals surface area contributed by atoms with Gasteiger partial charge >= 0.3 is 0 Å². The van der Waals surface area contributed by atoms with E-state index in [1.165, 1.54) is 0 Å². The minimum absolute atomic E-state index is 0.0231. The molecule has 1 unspecified atom stereocenters. The fourth-order valence-corrected chi connectivity index (χ4v) is 2.23. The van der Waals surface area contributed by atoms with Gasteiger partial charge in [-0.15, -0.1) is 0 Å². The Hall–Kier alpha value is -1.71. The molecule has 0 saturated heterocycles. The first kappa shape index (κ1) is 12.7. The van der Waals surface area contributed by atoms with Crippen molar-refractivity contribution in [3.8, 4) is 5.75 Å². The van der Waals surface area contributed by atoms with Gasteiger partial charge in [-0.3, -0.25) is 4.79 Å². The molecule has 18 heavy (non-hydrogen) atoms. The maximum absolute atomic E-state index is 12.3. The molecule has 0 bridgehead atoms. The maximum atomic E-state index is 12.3. The number of rotatable bonds is 2. The second-order valence-electron chi connectivity index (χ2n) is 5.04. The number of aryl methyl sites for hydroxylation is 1. The Morgan fingerprint density at radius 3 is 2.72 bits per heavy atom. The average Bonchev–Trinajstić information content (AvgIpc) is 2.50. The molecule has 4 nitrogen and oxygen atoms in total. The monoisotopic (exact) mass is 248 g/mol. The molecular formula is C14H20N2O2.